The standard InChI is InChI=1S/C12H20N2O3S/c1-9(10-3-4-10)7-14-18(15,16)12-6-5-11(17-12)8-13-2/h5-6,9-10,13-14H,3-4,7-8H2,1-2H3. The van der Waals surface area contributed by atoms with Crippen LogP contribution < -0.4 is 10.0 Å². The predicted octanol–water partition coefficient (Wildman–Crippen LogP) is 1.32. The molecule has 1 atom stereocenters. The van der Waals surface area contributed by atoms with Crippen molar-refractivity contribution in [2.45, 2.75) is 31.4 Å². The van der Waals surface area contributed by atoms with E-state index < -0.39 is 10.0 Å². The summed E-state index contributed by atoms with van der Waals surface area (Å²) in [5.74, 6) is 1.70. The van der Waals surface area contributed by atoms with Gasteiger partial charge in [-0.25, -0.2) is 13.1 Å². The molecule has 0 radical (unpaired) electrons. The van der Waals surface area contributed by atoms with Crippen molar-refractivity contribution < 1.29 is 12.8 Å². The van der Waals surface area contributed by atoms with E-state index in [1.165, 1.54) is 18.9 Å². The van der Waals surface area contributed by atoms with Crippen LogP contribution in [0.4, 0.5) is 0 Å². The van der Waals surface area contributed by atoms with Gasteiger partial charge in [-0.2, -0.15) is 0 Å². The molecular formula is C12H20N2O3S. The molecule has 0 spiro atoms. The van der Waals surface area contributed by atoms with Crippen LogP contribution in [0.25, 0.3) is 0 Å². The third-order valence-corrected chi connectivity index (χ3v) is 4.57. The lowest BCUT2D eigenvalue weighted by molar-refractivity contribution is 0.401. The summed E-state index contributed by atoms with van der Waals surface area (Å²) >= 11 is 0. The first-order valence-corrected chi connectivity index (χ1v) is 7.74. The topological polar surface area (TPSA) is 71.3 Å². The van der Waals surface area contributed by atoms with Crippen molar-refractivity contribution in [3.8, 4) is 0 Å². The van der Waals surface area contributed by atoms with E-state index in [4.69, 9.17) is 4.42 Å². The second-order valence-corrected chi connectivity index (χ2v) is 6.62. The van der Waals surface area contributed by atoms with Gasteiger partial charge in [0, 0.05) is 6.54 Å². The Labute approximate surface area is 108 Å². The Kier molecular flexibility index (Phi) is 4.09. The summed E-state index contributed by atoms with van der Waals surface area (Å²) in [5.41, 5.74) is 0. The van der Waals surface area contributed by atoms with E-state index in [1.54, 1.807) is 13.1 Å². The Morgan fingerprint density at radius 2 is 2.17 bits per heavy atom. The molecule has 1 aromatic heterocycles. The number of furan rings is 1. The van der Waals surface area contributed by atoms with Gasteiger partial charge in [0.15, 0.2) is 0 Å². The van der Waals surface area contributed by atoms with Crippen molar-refractivity contribution >= 4 is 10.0 Å². The predicted molar refractivity (Wildman–Crippen MR) is 68.5 cm³/mol. The van der Waals surface area contributed by atoms with Crippen LogP contribution in [0.5, 0.6) is 0 Å². The van der Waals surface area contributed by atoms with Crippen LogP contribution in [0.3, 0.4) is 0 Å². The Hall–Kier alpha value is -0.850. The van der Waals surface area contributed by atoms with Gasteiger partial charge in [-0.05, 0) is 43.9 Å². The molecule has 6 heteroatoms. The highest BCUT2D eigenvalue weighted by molar-refractivity contribution is 7.89. The second-order valence-electron chi connectivity index (χ2n) is 4.92. The number of rotatable bonds is 7. The highest BCUT2D eigenvalue weighted by atomic mass is 32.2. The van der Waals surface area contributed by atoms with E-state index in [0.29, 0.717) is 30.7 Å². The maximum atomic E-state index is 12.0. The second kappa shape index (κ2) is 5.42. The fraction of sp³-hybridized carbons (Fsp3) is 0.667. The van der Waals surface area contributed by atoms with Gasteiger partial charge < -0.3 is 9.73 Å². The quantitative estimate of drug-likeness (QED) is 0.785. The van der Waals surface area contributed by atoms with Gasteiger partial charge in [-0.3, -0.25) is 0 Å². The minimum atomic E-state index is -3.50. The van der Waals surface area contributed by atoms with E-state index in [1.807, 2.05) is 0 Å². The zero-order chi connectivity index (χ0) is 13.2. The molecule has 0 bridgehead atoms. The molecule has 2 rings (SSSR count). The molecule has 0 aromatic carbocycles. The highest BCUT2D eigenvalue weighted by Crippen LogP contribution is 2.36. The third kappa shape index (κ3) is 3.34. The molecule has 18 heavy (non-hydrogen) atoms. The smallest absolute Gasteiger partial charge is 0.273 e. The lowest BCUT2D eigenvalue weighted by atomic mass is 10.1. The van der Waals surface area contributed by atoms with Gasteiger partial charge in [-0.1, -0.05) is 6.92 Å². The van der Waals surface area contributed by atoms with Crippen molar-refractivity contribution in [2.75, 3.05) is 13.6 Å². The summed E-state index contributed by atoms with van der Waals surface area (Å²) in [4.78, 5) is 0. The normalized spacial score (nSPS) is 17.9. The zero-order valence-electron chi connectivity index (χ0n) is 10.8. The van der Waals surface area contributed by atoms with Crippen LogP contribution in [-0.4, -0.2) is 22.0 Å². The molecule has 1 saturated carbocycles. The van der Waals surface area contributed by atoms with E-state index in [-0.39, 0.29) is 5.09 Å². The summed E-state index contributed by atoms with van der Waals surface area (Å²) in [5, 5.41) is 2.91. The summed E-state index contributed by atoms with van der Waals surface area (Å²) in [7, 11) is -1.72. The SMILES string of the molecule is CNCc1ccc(S(=O)(=O)NCC(C)C2CC2)o1. The molecule has 1 aliphatic rings. The van der Waals surface area contributed by atoms with Gasteiger partial charge in [0.25, 0.3) is 10.0 Å². The molecule has 1 heterocycles. The lowest BCUT2D eigenvalue weighted by Crippen LogP contribution is -2.28. The monoisotopic (exact) mass is 272 g/mol. The molecule has 1 fully saturated rings. The van der Waals surface area contributed by atoms with Crippen molar-refractivity contribution in [1.29, 1.82) is 0 Å². The maximum Gasteiger partial charge on any atom is 0.273 e. The average molecular weight is 272 g/mol. The molecule has 5 nitrogen and oxygen atoms in total. The van der Waals surface area contributed by atoms with Crippen LogP contribution >= 0.6 is 0 Å². The minimum absolute atomic E-state index is 0.00394. The molecule has 1 aliphatic carbocycles. The molecule has 0 saturated heterocycles. The van der Waals surface area contributed by atoms with Gasteiger partial charge >= 0.3 is 0 Å². The lowest BCUT2D eigenvalue weighted by Gasteiger charge is -2.10. The Balaban J connectivity index is 1.95. The molecule has 102 valence electrons. The van der Waals surface area contributed by atoms with Crippen molar-refractivity contribution in [2.24, 2.45) is 11.8 Å². The average Bonchev–Trinajstić information content (AvgIpc) is 3.07. The summed E-state index contributed by atoms with van der Waals surface area (Å²) in [6, 6.07) is 3.17. The van der Waals surface area contributed by atoms with Crippen LogP contribution in [0.1, 0.15) is 25.5 Å². The first-order valence-electron chi connectivity index (χ1n) is 6.26. The van der Waals surface area contributed by atoms with E-state index in [0.717, 1.165) is 0 Å². The van der Waals surface area contributed by atoms with Gasteiger partial charge in [0.05, 0.1) is 6.54 Å². The number of nitrogens with one attached hydrogen (secondary N) is 2. The van der Waals surface area contributed by atoms with E-state index in [9.17, 15) is 8.42 Å². The fourth-order valence-corrected chi connectivity index (χ4v) is 3.00. The van der Waals surface area contributed by atoms with Crippen LogP contribution in [0.2, 0.25) is 0 Å². The number of hydrogen-bond donors (Lipinski definition) is 2. The molecule has 1 unspecified atom stereocenters. The van der Waals surface area contributed by atoms with E-state index in [2.05, 4.69) is 17.0 Å². The zero-order valence-corrected chi connectivity index (χ0v) is 11.6. The van der Waals surface area contributed by atoms with Crippen LogP contribution in [0.15, 0.2) is 21.6 Å². The highest BCUT2D eigenvalue weighted by Gasteiger charge is 2.29. The first-order chi connectivity index (χ1) is 8.53. The first kappa shape index (κ1) is 13.6. The van der Waals surface area contributed by atoms with E-state index >= 15 is 0 Å². The van der Waals surface area contributed by atoms with Crippen molar-refractivity contribution in [3.05, 3.63) is 17.9 Å². The fourth-order valence-electron chi connectivity index (χ4n) is 1.92. The van der Waals surface area contributed by atoms with Crippen LogP contribution in [0, 0.1) is 11.8 Å². The molecule has 0 amide bonds. The largest absolute Gasteiger partial charge is 0.447 e. The van der Waals surface area contributed by atoms with Gasteiger partial charge in [-0.15, -0.1) is 0 Å². The molecular weight excluding hydrogens is 252 g/mol. The molecule has 1 aromatic rings. The molecule has 0 aliphatic heterocycles. The number of hydrogen-bond acceptors (Lipinski definition) is 4. The summed E-state index contributed by atoms with van der Waals surface area (Å²) < 4.78 is 31.8. The number of sulfonamides is 1. The Morgan fingerprint density at radius 1 is 1.44 bits per heavy atom. The summed E-state index contributed by atoms with van der Waals surface area (Å²) in [6.45, 7) is 3.08. The van der Waals surface area contributed by atoms with Crippen molar-refractivity contribution in [3.63, 3.8) is 0 Å². The summed E-state index contributed by atoms with van der Waals surface area (Å²) in [6.07, 6.45) is 2.44. The van der Waals surface area contributed by atoms with Crippen LogP contribution in [-0.2, 0) is 16.6 Å². The Morgan fingerprint density at radius 3 is 2.78 bits per heavy atom. The van der Waals surface area contributed by atoms with Gasteiger partial charge in [0.1, 0.15) is 5.76 Å². The third-order valence-electron chi connectivity index (χ3n) is 3.27. The maximum absolute atomic E-state index is 12.0. The molecule has 2 N–H and O–H groups in total. The Bertz CT molecular complexity index is 491. The van der Waals surface area contributed by atoms with Gasteiger partial charge in [0.2, 0.25) is 5.09 Å². The van der Waals surface area contributed by atoms with Crippen molar-refractivity contribution in [1.82, 2.24) is 10.0 Å². The minimum Gasteiger partial charge on any atom is -0.447 e.